The Morgan fingerprint density at radius 3 is 2.55 bits per heavy atom. The summed E-state index contributed by atoms with van der Waals surface area (Å²) in [5.41, 5.74) is 1.45. The molecule has 0 amide bonds. The molecule has 2 nitrogen and oxygen atoms in total. The van der Waals surface area contributed by atoms with E-state index in [-0.39, 0.29) is 10.6 Å². The fourth-order valence-electron chi connectivity index (χ4n) is 1.98. The first-order valence-corrected chi connectivity index (χ1v) is 7.28. The van der Waals surface area contributed by atoms with Crippen LogP contribution in [-0.2, 0) is 0 Å². The molecule has 106 valence electrons. The van der Waals surface area contributed by atoms with Gasteiger partial charge < -0.3 is 9.47 Å². The van der Waals surface area contributed by atoms with E-state index in [1.165, 1.54) is 13.2 Å². The molecular weight excluding hydrogens is 323 g/mol. The summed E-state index contributed by atoms with van der Waals surface area (Å²) in [5, 5.41) is 0. The van der Waals surface area contributed by atoms with Gasteiger partial charge in [-0.15, -0.1) is 0 Å². The predicted molar refractivity (Wildman–Crippen MR) is 81.3 cm³/mol. The number of hydrogen-bond acceptors (Lipinski definition) is 2. The van der Waals surface area contributed by atoms with Gasteiger partial charge in [0, 0.05) is 17.2 Å². The number of rotatable bonds is 5. The smallest absolute Gasteiger partial charge is 0.131 e. The number of ether oxygens (including phenoxy) is 2. The van der Waals surface area contributed by atoms with Gasteiger partial charge >= 0.3 is 0 Å². The van der Waals surface area contributed by atoms with Crippen LogP contribution in [0.3, 0.4) is 0 Å². The molecule has 0 N–H and O–H groups in total. The number of para-hydroxylation sites is 1. The van der Waals surface area contributed by atoms with E-state index in [0.29, 0.717) is 17.9 Å². The van der Waals surface area contributed by atoms with Crippen LogP contribution < -0.4 is 9.47 Å². The highest BCUT2D eigenvalue weighted by Gasteiger charge is 2.18. The fraction of sp³-hybridized carbons (Fsp3) is 0.250. The average Bonchev–Trinajstić information content (AvgIpc) is 2.47. The number of methoxy groups -OCH3 is 1. The highest BCUT2D eigenvalue weighted by Crippen LogP contribution is 2.38. The van der Waals surface area contributed by atoms with E-state index < -0.39 is 0 Å². The van der Waals surface area contributed by atoms with E-state index in [9.17, 15) is 4.39 Å². The molecule has 2 aromatic carbocycles. The first kappa shape index (κ1) is 14.9. The Hall–Kier alpha value is -1.55. The van der Waals surface area contributed by atoms with Crippen LogP contribution in [0.4, 0.5) is 4.39 Å². The average molecular weight is 339 g/mol. The third kappa shape index (κ3) is 3.12. The van der Waals surface area contributed by atoms with E-state index in [4.69, 9.17) is 9.47 Å². The predicted octanol–water partition coefficient (Wildman–Crippen LogP) is 4.72. The summed E-state index contributed by atoms with van der Waals surface area (Å²) in [6.45, 7) is 2.50. The van der Waals surface area contributed by atoms with E-state index in [2.05, 4.69) is 15.9 Å². The molecular formula is C16H16BrFO2. The maximum absolute atomic E-state index is 14.1. The van der Waals surface area contributed by atoms with Gasteiger partial charge in [0.2, 0.25) is 0 Å². The Balaban J connectivity index is 2.38. The SMILES string of the molecule is CCOc1ccccc1C(Br)c1ccc(OC)cc1F. The fourth-order valence-corrected chi connectivity index (χ4v) is 2.73. The number of benzene rings is 2. The Bertz CT molecular complexity index is 586. The molecule has 0 fully saturated rings. The molecule has 1 unspecified atom stereocenters. The Morgan fingerprint density at radius 2 is 1.90 bits per heavy atom. The lowest BCUT2D eigenvalue weighted by molar-refractivity contribution is 0.337. The zero-order chi connectivity index (χ0) is 14.5. The first-order chi connectivity index (χ1) is 9.67. The standard InChI is InChI=1S/C16H16BrFO2/c1-3-20-15-7-5-4-6-13(15)16(17)12-9-8-11(19-2)10-14(12)18/h4-10,16H,3H2,1-2H3. The van der Waals surface area contributed by atoms with Gasteiger partial charge in [-0.05, 0) is 19.1 Å². The van der Waals surface area contributed by atoms with Crippen molar-refractivity contribution in [1.82, 2.24) is 0 Å². The monoisotopic (exact) mass is 338 g/mol. The lowest BCUT2D eigenvalue weighted by atomic mass is 10.0. The molecule has 0 saturated heterocycles. The molecule has 0 bridgehead atoms. The zero-order valence-electron chi connectivity index (χ0n) is 11.4. The van der Waals surface area contributed by atoms with Gasteiger partial charge in [0.15, 0.2) is 0 Å². The molecule has 0 spiro atoms. The van der Waals surface area contributed by atoms with Crippen molar-refractivity contribution in [2.24, 2.45) is 0 Å². The molecule has 0 aromatic heterocycles. The quantitative estimate of drug-likeness (QED) is 0.734. The van der Waals surface area contributed by atoms with Gasteiger partial charge in [0.25, 0.3) is 0 Å². The molecule has 20 heavy (non-hydrogen) atoms. The second-order valence-corrected chi connectivity index (χ2v) is 5.14. The zero-order valence-corrected chi connectivity index (χ0v) is 13.0. The minimum atomic E-state index is -0.308. The van der Waals surface area contributed by atoms with Gasteiger partial charge in [0.1, 0.15) is 17.3 Å². The number of halogens is 2. The molecule has 2 aromatic rings. The summed E-state index contributed by atoms with van der Waals surface area (Å²) < 4.78 is 24.7. The Morgan fingerprint density at radius 1 is 1.15 bits per heavy atom. The lowest BCUT2D eigenvalue weighted by Crippen LogP contribution is -2.01. The molecule has 2 rings (SSSR count). The van der Waals surface area contributed by atoms with Crippen molar-refractivity contribution in [2.75, 3.05) is 13.7 Å². The van der Waals surface area contributed by atoms with Crippen molar-refractivity contribution in [3.05, 3.63) is 59.4 Å². The number of hydrogen-bond donors (Lipinski definition) is 0. The van der Waals surface area contributed by atoms with Crippen LogP contribution in [0.5, 0.6) is 11.5 Å². The van der Waals surface area contributed by atoms with Gasteiger partial charge in [0.05, 0.1) is 18.5 Å². The molecule has 4 heteroatoms. The lowest BCUT2D eigenvalue weighted by Gasteiger charge is -2.16. The maximum Gasteiger partial charge on any atom is 0.131 e. The number of alkyl halides is 1. The van der Waals surface area contributed by atoms with E-state index in [0.717, 1.165) is 11.3 Å². The van der Waals surface area contributed by atoms with Crippen molar-refractivity contribution in [2.45, 2.75) is 11.8 Å². The van der Waals surface area contributed by atoms with Crippen LogP contribution in [-0.4, -0.2) is 13.7 Å². The maximum atomic E-state index is 14.1. The minimum Gasteiger partial charge on any atom is -0.497 e. The molecule has 0 radical (unpaired) electrons. The summed E-state index contributed by atoms with van der Waals surface area (Å²) in [4.78, 5) is -0.267. The van der Waals surface area contributed by atoms with Crippen molar-refractivity contribution < 1.29 is 13.9 Å². The summed E-state index contributed by atoms with van der Waals surface area (Å²) in [6, 6.07) is 12.5. The third-order valence-corrected chi connectivity index (χ3v) is 3.96. The third-order valence-electron chi connectivity index (χ3n) is 2.97. The van der Waals surface area contributed by atoms with Gasteiger partial charge in [-0.2, -0.15) is 0 Å². The van der Waals surface area contributed by atoms with E-state index in [1.807, 2.05) is 31.2 Å². The molecule has 0 heterocycles. The van der Waals surface area contributed by atoms with Gasteiger partial charge in [-0.25, -0.2) is 4.39 Å². The molecule has 0 saturated carbocycles. The first-order valence-electron chi connectivity index (χ1n) is 6.36. The van der Waals surface area contributed by atoms with Crippen LogP contribution in [0.2, 0.25) is 0 Å². The van der Waals surface area contributed by atoms with Gasteiger partial charge in [-0.1, -0.05) is 40.2 Å². The Labute approximate surface area is 126 Å². The highest BCUT2D eigenvalue weighted by molar-refractivity contribution is 9.09. The summed E-state index contributed by atoms with van der Waals surface area (Å²) in [5.74, 6) is 0.952. The van der Waals surface area contributed by atoms with E-state index in [1.54, 1.807) is 12.1 Å². The van der Waals surface area contributed by atoms with Crippen LogP contribution in [0.25, 0.3) is 0 Å². The molecule has 0 aliphatic heterocycles. The summed E-state index contributed by atoms with van der Waals surface area (Å²) >= 11 is 3.55. The largest absolute Gasteiger partial charge is 0.497 e. The van der Waals surface area contributed by atoms with Crippen molar-refractivity contribution in [3.63, 3.8) is 0 Å². The van der Waals surface area contributed by atoms with Crippen LogP contribution in [0.15, 0.2) is 42.5 Å². The van der Waals surface area contributed by atoms with Crippen LogP contribution >= 0.6 is 15.9 Å². The summed E-state index contributed by atoms with van der Waals surface area (Å²) in [6.07, 6.45) is 0. The van der Waals surface area contributed by atoms with Crippen molar-refractivity contribution in [3.8, 4) is 11.5 Å². The van der Waals surface area contributed by atoms with Crippen LogP contribution in [0, 0.1) is 5.82 Å². The van der Waals surface area contributed by atoms with Crippen LogP contribution in [0.1, 0.15) is 22.9 Å². The van der Waals surface area contributed by atoms with Gasteiger partial charge in [-0.3, -0.25) is 0 Å². The normalized spacial score (nSPS) is 12.0. The molecule has 0 aliphatic rings. The molecule has 1 atom stereocenters. The Kier molecular flexibility index (Phi) is 5.01. The summed E-state index contributed by atoms with van der Waals surface area (Å²) in [7, 11) is 1.52. The second kappa shape index (κ2) is 6.75. The van der Waals surface area contributed by atoms with E-state index >= 15 is 0 Å². The molecule has 0 aliphatic carbocycles. The minimum absolute atomic E-state index is 0.267. The van der Waals surface area contributed by atoms with Crippen molar-refractivity contribution in [1.29, 1.82) is 0 Å². The second-order valence-electron chi connectivity index (χ2n) is 4.22. The topological polar surface area (TPSA) is 18.5 Å². The van der Waals surface area contributed by atoms with Crippen molar-refractivity contribution >= 4 is 15.9 Å². The highest BCUT2D eigenvalue weighted by atomic mass is 79.9.